The number of rotatable bonds is 3. The first kappa shape index (κ1) is 11.6. The van der Waals surface area contributed by atoms with Crippen molar-refractivity contribution in [1.82, 2.24) is 4.98 Å². The summed E-state index contributed by atoms with van der Waals surface area (Å²) in [7, 11) is 0. The second-order valence-electron chi connectivity index (χ2n) is 2.62. The predicted molar refractivity (Wildman–Crippen MR) is 49.8 cm³/mol. The summed E-state index contributed by atoms with van der Waals surface area (Å²) in [5, 5.41) is 10.5. The maximum absolute atomic E-state index is 12.3. The fourth-order valence-electron chi connectivity index (χ4n) is 1.00. The number of halogens is 3. The van der Waals surface area contributed by atoms with Gasteiger partial charge in [0.05, 0.1) is 16.4 Å². The van der Waals surface area contributed by atoms with E-state index in [1.807, 2.05) is 0 Å². The smallest absolute Gasteiger partial charge is 0.292 e. The van der Waals surface area contributed by atoms with Gasteiger partial charge in [-0.25, -0.2) is 13.8 Å². The highest BCUT2D eigenvalue weighted by molar-refractivity contribution is 6.17. The van der Waals surface area contributed by atoms with Crippen LogP contribution < -0.4 is 5.73 Å². The van der Waals surface area contributed by atoms with E-state index in [2.05, 4.69) is 4.98 Å². The van der Waals surface area contributed by atoms with Gasteiger partial charge in [-0.15, -0.1) is 11.6 Å². The molecule has 0 bridgehead atoms. The minimum absolute atomic E-state index is 0.122. The molecule has 0 unspecified atom stereocenters. The second kappa shape index (κ2) is 4.35. The molecule has 0 aromatic carbocycles. The fourth-order valence-corrected chi connectivity index (χ4v) is 1.20. The summed E-state index contributed by atoms with van der Waals surface area (Å²) in [4.78, 5) is 13.1. The summed E-state index contributed by atoms with van der Waals surface area (Å²) >= 11 is 5.37. The van der Waals surface area contributed by atoms with Crippen molar-refractivity contribution in [2.45, 2.75) is 12.3 Å². The normalized spacial score (nSPS) is 10.7. The Kier molecular flexibility index (Phi) is 3.35. The number of hydrogen-bond donors (Lipinski definition) is 1. The molecule has 15 heavy (non-hydrogen) atoms. The van der Waals surface area contributed by atoms with Crippen LogP contribution in [0.1, 0.15) is 17.7 Å². The SMILES string of the molecule is Nc1nc(CCl)c([N+](=O)[O-])cc1C(F)F. The Morgan fingerprint density at radius 1 is 1.67 bits per heavy atom. The van der Waals surface area contributed by atoms with Gasteiger partial charge in [-0.3, -0.25) is 10.1 Å². The molecule has 2 N–H and O–H groups in total. The zero-order valence-electron chi connectivity index (χ0n) is 7.28. The molecule has 0 amide bonds. The highest BCUT2D eigenvalue weighted by atomic mass is 35.5. The van der Waals surface area contributed by atoms with Crippen LogP contribution in [0.4, 0.5) is 20.3 Å². The monoisotopic (exact) mass is 237 g/mol. The lowest BCUT2D eigenvalue weighted by atomic mass is 10.2. The third-order valence-corrected chi connectivity index (χ3v) is 1.95. The Bertz CT molecular complexity index is 400. The lowest BCUT2D eigenvalue weighted by molar-refractivity contribution is -0.385. The van der Waals surface area contributed by atoms with Crippen LogP contribution in [0.3, 0.4) is 0 Å². The van der Waals surface area contributed by atoms with Gasteiger partial charge in [0.25, 0.3) is 12.1 Å². The largest absolute Gasteiger partial charge is 0.383 e. The van der Waals surface area contributed by atoms with Crippen molar-refractivity contribution in [2.24, 2.45) is 0 Å². The Morgan fingerprint density at radius 3 is 2.67 bits per heavy atom. The summed E-state index contributed by atoms with van der Waals surface area (Å²) in [6.07, 6.45) is -2.90. The van der Waals surface area contributed by atoms with Crippen molar-refractivity contribution < 1.29 is 13.7 Å². The first-order valence-electron chi connectivity index (χ1n) is 3.75. The zero-order valence-corrected chi connectivity index (χ0v) is 8.04. The van der Waals surface area contributed by atoms with Crippen LogP contribution in [0, 0.1) is 10.1 Å². The van der Waals surface area contributed by atoms with E-state index in [0.717, 1.165) is 0 Å². The highest BCUT2D eigenvalue weighted by Crippen LogP contribution is 2.29. The van der Waals surface area contributed by atoms with Crippen molar-refractivity contribution in [2.75, 3.05) is 5.73 Å². The van der Waals surface area contributed by atoms with E-state index in [1.54, 1.807) is 0 Å². The lowest BCUT2D eigenvalue weighted by Gasteiger charge is -2.05. The molecule has 1 heterocycles. The second-order valence-corrected chi connectivity index (χ2v) is 2.89. The average molecular weight is 238 g/mol. The van der Waals surface area contributed by atoms with Crippen LogP contribution in [0.25, 0.3) is 0 Å². The lowest BCUT2D eigenvalue weighted by Crippen LogP contribution is -2.04. The van der Waals surface area contributed by atoms with Crippen LogP contribution in [0.5, 0.6) is 0 Å². The van der Waals surface area contributed by atoms with Gasteiger partial charge in [0.2, 0.25) is 0 Å². The van der Waals surface area contributed by atoms with E-state index < -0.39 is 28.4 Å². The van der Waals surface area contributed by atoms with Gasteiger partial charge in [-0.1, -0.05) is 0 Å². The van der Waals surface area contributed by atoms with Crippen molar-refractivity contribution in [3.05, 3.63) is 27.4 Å². The highest BCUT2D eigenvalue weighted by Gasteiger charge is 2.22. The number of hydrogen-bond acceptors (Lipinski definition) is 4. The molecule has 82 valence electrons. The Balaban J connectivity index is 3.37. The van der Waals surface area contributed by atoms with Gasteiger partial charge in [-0.2, -0.15) is 0 Å². The molecule has 0 saturated carbocycles. The number of pyridine rings is 1. The summed E-state index contributed by atoms with van der Waals surface area (Å²) in [6.45, 7) is 0. The van der Waals surface area contributed by atoms with Crippen LogP contribution in [0.2, 0.25) is 0 Å². The van der Waals surface area contributed by atoms with E-state index in [4.69, 9.17) is 17.3 Å². The molecular weight excluding hydrogens is 232 g/mol. The van der Waals surface area contributed by atoms with Crippen molar-refractivity contribution >= 4 is 23.1 Å². The number of nitrogens with zero attached hydrogens (tertiary/aromatic N) is 2. The van der Waals surface area contributed by atoms with E-state index >= 15 is 0 Å². The maximum atomic E-state index is 12.3. The molecule has 1 aromatic heterocycles. The molecule has 0 atom stereocenters. The summed E-state index contributed by atoms with van der Waals surface area (Å²) in [6, 6.07) is 0.699. The van der Waals surface area contributed by atoms with Gasteiger partial charge >= 0.3 is 0 Å². The molecule has 0 aliphatic heterocycles. The van der Waals surface area contributed by atoms with E-state index in [9.17, 15) is 18.9 Å². The van der Waals surface area contributed by atoms with Crippen molar-refractivity contribution in [1.29, 1.82) is 0 Å². The first-order valence-corrected chi connectivity index (χ1v) is 4.28. The van der Waals surface area contributed by atoms with Crippen LogP contribution in [0.15, 0.2) is 6.07 Å². The Labute approximate surface area is 88.0 Å². The molecule has 0 aliphatic rings. The molecule has 0 aliphatic carbocycles. The zero-order chi connectivity index (χ0) is 11.6. The molecule has 1 aromatic rings. The first-order chi connectivity index (χ1) is 6.97. The third-order valence-electron chi connectivity index (χ3n) is 1.70. The van der Waals surface area contributed by atoms with Crippen molar-refractivity contribution in [3.63, 3.8) is 0 Å². The fraction of sp³-hybridized carbons (Fsp3) is 0.286. The number of nitro groups is 1. The van der Waals surface area contributed by atoms with Crippen LogP contribution in [-0.2, 0) is 5.88 Å². The topological polar surface area (TPSA) is 82.0 Å². The standard InChI is InChI=1S/C7H6ClF2N3O2/c8-2-4-5(13(14)15)1-3(6(9)10)7(11)12-4/h1,6H,2H2,(H2,11,12). The Morgan fingerprint density at radius 2 is 2.27 bits per heavy atom. The average Bonchev–Trinajstić information content (AvgIpc) is 2.16. The molecule has 0 spiro atoms. The van der Waals surface area contributed by atoms with E-state index in [-0.39, 0.29) is 11.6 Å². The van der Waals surface area contributed by atoms with Crippen LogP contribution in [-0.4, -0.2) is 9.91 Å². The molecule has 0 radical (unpaired) electrons. The molecule has 1 rings (SSSR count). The van der Waals surface area contributed by atoms with Gasteiger partial charge in [0.15, 0.2) is 0 Å². The number of anilines is 1. The molecule has 0 fully saturated rings. The van der Waals surface area contributed by atoms with Gasteiger partial charge < -0.3 is 5.73 Å². The quantitative estimate of drug-likeness (QED) is 0.497. The third kappa shape index (κ3) is 2.30. The number of nitrogens with two attached hydrogens (primary N) is 1. The predicted octanol–water partition coefficient (Wildman–Crippen LogP) is 2.25. The number of aromatic nitrogens is 1. The van der Waals surface area contributed by atoms with E-state index in [1.165, 1.54) is 0 Å². The van der Waals surface area contributed by atoms with Gasteiger partial charge in [0.1, 0.15) is 11.5 Å². The van der Waals surface area contributed by atoms with Gasteiger partial charge in [-0.05, 0) is 0 Å². The van der Waals surface area contributed by atoms with Crippen molar-refractivity contribution in [3.8, 4) is 0 Å². The minimum Gasteiger partial charge on any atom is -0.383 e. The molecule has 8 heteroatoms. The van der Waals surface area contributed by atoms with E-state index in [0.29, 0.717) is 6.07 Å². The van der Waals surface area contributed by atoms with Gasteiger partial charge in [0, 0.05) is 6.07 Å². The molecule has 5 nitrogen and oxygen atoms in total. The number of alkyl halides is 3. The summed E-state index contributed by atoms with van der Waals surface area (Å²) < 4.78 is 24.7. The number of nitrogen functional groups attached to an aromatic ring is 1. The molecule has 0 saturated heterocycles. The minimum atomic E-state index is -2.90. The maximum Gasteiger partial charge on any atom is 0.292 e. The Hall–Kier alpha value is -1.50. The van der Waals surface area contributed by atoms with Crippen LogP contribution >= 0.6 is 11.6 Å². The molecular formula is C7H6ClF2N3O2. The summed E-state index contributed by atoms with van der Waals surface area (Å²) in [5.41, 5.74) is 3.87. The summed E-state index contributed by atoms with van der Waals surface area (Å²) in [5.74, 6) is -0.699.